The van der Waals surface area contributed by atoms with Crippen LogP contribution in [0.25, 0.3) is 0 Å². The Morgan fingerprint density at radius 3 is 1.18 bits per heavy atom. The predicted molar refractivity (Wildman–Crippen MR) is 236 cm³/mol. The lowest BCUT2D eigenvalue weighted by atomic mass is 9.77. The smallest absolute Gasteiger partial charge is 0.416 e. The molecule has 0 spiro atoms. The topological polar surface area (TPSA) is 150 Å². The highest BCUT2D eigenvalue weighted by Crippen LogP contribution is 2.44. The number of alkyl halides is 6. The van der Waals surface area contributed by atoms with Gasteiger partial charge < -0.3 is 43.3 Å². The molecule has 2 aliphatic rings. The van der Waals surface area contributed by atoms with Crippen molar-refractivity contribution in [3.05, 3.63) is 106 Å². The molecule has 2 unspecified atom stereocenters. The number of likely N-dealkylation sites (tertiary alicyclic amines) is 2. The van der Waals surface area contributed by atoms with Crippen LogP contribution in [0.2, 0.25) is 0 Å². The van der Waals surface area contributed by atoms with Crippen LogP contribution in [-0.4, -0.2) is 123 Å². The van der Waals surface area contributed by atoms with Gasteiger partial charge in [0.2, 0.25) is 11.5 Å². The number of hydrogen-bond acceptors (Lipinski definition) is 11. The fourth-order valence-electron chi connectivity index (χ4n) is 8.65. The van der Waals surface area contributed by atoms with Crippen molar-refractivity contribution in [3.8, 4) is 34.5 Å². The number of ether oxygens (including phenoxy) is 6. The summed E-state index contributed by atoms with van der Waals surface area (Å²) in [6.07, 6.45) is -6.36. The van der Waals surface area contributed by atoms with Crippen molar-refractivity contribution >= 4 is 21.7 Å². The first kappa shape index (κ1) is 52.1. The molecule has 1 N–H and O–H groups in total. The first-order valence-corrected chi connectivity index (χ1v) is 22.9. The van der Waals surface area contributed by atoms with Crippen LogP contribution in [0.4, 0.5) is 26.3 Å². The second-order valence-corrected chi connectivity index (χ2v) is 18.6. The van der Waals surface area contributed by atoms with E-state index in [1.807, 2.05) is 0 Å². The fourth-order valence-corrected chi connectivity index (χ4v) is 9.42. The quantitative estimate of drug-likeness (QED) is 0.116. The number of carbonyl (C=O) groups is 2. The van der Waals surface area contributed by atoms with E-state index in [0.717, 1.165) is 30.5 Å². The summed E-state index contributed by atoms with van der Waals surface area (Å²) >= 11 is 0. The van der Waals surface area contributed by atoms with Crippen LogP contribution in [0.5, 0.6) is 34.5 Å². The summed E-state index contributed by atoms with van der Waals surface area (Å²) < 4.78 is 134. The molecular formula is C47H54F6N2O11S. The number of sulfone groups is 1. The summed E-state index contributed by atoms with van der Waals surface area (Å²) in [7, 11) is 5.36. The molecule has 2 atom stereocenters. The molecule has 20 heteroatoms. The summed E-state index contributed by atoms with van der Waals surface area (Å²) in [6, 6.07) is 15.9. The number of benzene rings is 4. The van der Waals surface area contributed by atoms with Crippen molar-refractivity contribution < 1.29 is 77.9 Å². The van der Waals surface area contributed by atoms with Gasteiger partial charge in [-0.3, -0.25) is 9.59 Å². The summed E-state index contributed by atoms with van der Waals surface area (Å²) in [6.45, 7) is 0.988. The molecule has 0 radical (unpaired) electrons. The van der Waals surface area contributed by atoms with Crippen molar-refractivity contribution in [2.75, 3.05) is 87.5 Å². The van der Waals surface area contributed by atoms with E-state index in [0.29, 0.717) is 83.5 Å². The molecule has 4 aromatic rings. The van der Waals surface area contributed by atoms with E-state index in [2.05, 4.69) is 0 Å². The second kappa shape index (κ2) is 21.0. The Morgan fingerprint density at radius 2 is 0.910 bits per heavy atom. The second-order valence-electron chi connectivity index (χ2n) is 16.3. The molecule has 2 saturated heterocycles. The maximum absolute atomic E-state index is 13.4. The number of aliphatic hydroxyl groups is 1. The van der Waals surface area contributed by atoms with Gasteiger partial charge in [0.05, 0.1) is 59.5 Å². The Hall–Kier alpha value is -5.89. The zero-order chi connectivity index (χ0) is 49.5. The Morgan fingerprint density at radius 1 is 0.582 bits per heavy atom. The summed E-state index contributed by atoms with van der Waals surface area (Å²) in [5.41, 5.74) is -1.10. The normalized spacial score (nSPS) is 18.5. The van der Waals surface area contributed by atoms with E-state index in [-0.39, 0.29) is 49.2 Å². The molecule has 0 bridgehead atoms. The standard InChI is InChI=1S/C24H28F3NO6S.C23H26F3NO5/c1-32-19-13-16(14-20(33-2)21(19)34-3)22(29)28-11-9-23(15-28,10-12-35(4,30)31)17-5-7-18(8-6-17)24(25,26)27;1-30-18-12-15(13-19(31-2)20(18)32-3)21(29)27-10-8-22(14-27,9-11-28)16-4-6-17(7-5-16)23(24,25)26/h5-8,13-14H,9-12,15H2,1-4H3;4-7,12-13,28H,8-11,14H2,1-3H3. The van der Waals surface area contributed by atoms with E-state index in [1.165, 1.54) is 79.1 Å². The van der Waals surface area contributed by atoms with Crippen molar-refractivity contribution in [2.24, 2.45) is 0 Å². The largest absolute Gasteiger partial charge is 0.493 e. The minimum absolute atomic E-state index is 0.146. The molecule has 13 nitrogen and oxygen atoms in total. The highest BCUT2D eigenvalue weighted by molar-refractivity contribution is 7.90. The number of nitrogens with zero attached hydrogens (tertiary/aromatic N) is 2. The van der Waals surface area contributed by atoms with Gasteiger partial charge in [0.25, 0.3) is 11.8 Å². The average Bonchev–Trinajstić information content (AvgIpc) is 3.95. The van der Waals surface area contributed by atoms with Crippen molar-refractivity contribution in [1.29, 1.82) is 0 Å². The highest BCUT2D eigenvalue weighted by atomic mass is 32.2. The molecule has 6 rings (SSSR count). The third-order valence-electron chi connectivity index (χ3n) is 12.3. The molecule has 366 valence electrons. The number of halogens is 6. The Bertz CT molecular complexity index is 2430. The Labute approximate surface area is 385 Å². The van der Waals surface area contributed by atoms with Gasteiger partial charge in [-0.1, -0.05) is 24.3 Å². The maximum Gasteiger partial charge on any atom is 0.416 e. The van der Waals surface area contributed by atoms with Crippen molar-refractivity contribution in [3.63, 3.8) is 0 Å². The van der Waals surface area contributed by atoms with Crippen LogP contribution in [0.3, 0.4) is 0 Å². The van der Waals surface area contributed by atoms with E-state index in [9.17, 15) is 49.5 Å². The third-order valence-corrected chi connectivity index (χ3v) is 13.2. The van der Waals surface area contributed by atoms with Crippen molar-refractivity contribution in [1.82, 2.24) is 9.80 Å². The van der Waals surface area contributed by atoms with Gasteiger partial charge in [0, 0.05) is 61.0 Å². The Kier molecular flexibility index (Phi) is 16.3. The number of rotatable bonds is 15. The zero-order valence-corrected chi connectivity index (χ0v) is 38.9. The minimum atomic E-state index is -4.48. The van der Waals surface area contributed by atoms with Gasteiger partial charge in [-0.2, -0.15) is 26.3 Å². The van der Waals surface area contributed by atoms with Crippen LogP contribution in [0.15, 0.2) is 72.8 Å². The number of carbonyl (C=O) groups excluding carboxylic acids is 2. The minimum Gasteiger partial charge on any atom is -0.493 e. The number of aliphatic hydroxyl groups excluding tert-OH is 1. The van der Waals surface area contributed by atoms with Gasteiger partial charge >= 0.3 is 12.4 Å². The first-order valence-electron chi connectivity index (χ1n) is 20.8. The van der Waals surface area contributed by atoms with Crippen LogP contribution in [0, 0.1) is 0 Å². The van der Waals surface area contributed by atoms with Gasteiger partial charge in [-0.25, -0.2) is 8.42 Å². The summed E-state index contributed by atoms with van der Waals surface area (Å²) in [5.74, 6) is 1.25. The summed E-state index contributed by atoms with van der Waals surface area (Å²) in [4.78, 5) is 29.9. The number of hydrogen-bond donors (Lipinski definition) is 1. The average molecular weight is 969 g/mol. The molecule has 4 aromatic carbocycles. The number of methoxy groups -OCH3 is 6. The zero-order valence-electron chi connectivity index (χ0n) is 38.1. The molecule has 2 aliphatic heterocycles. The molecular weight excluding hydrogens is 915 g/mol. The predicted octanol–water partition coefficient (Wildman–Crippen LogP) is 7.85. The van der Waals surface area contributed by atoms with Crippen molar-refractivity contribution in [2.45, 2.75) is 48.9 Å². The highest BCUT2D eigenvalue weighted by Gasteiger charge is 2.44. The fraction of sp³-hybridized carbons (Fsp3) is 0.447. The SMILES string of the molecule is COc1cc(C(=O)N2CCC(CCO)(c3ccc(C(F)(F)F)cc3)C2)cc(OC)c1OC.COc1cc(C(=O)N2CCC(CCS(C)(=O)=O)(c3ccc(C(F)(F)F)cc3)C2)cc(OC)c1OC. The molecule has 2 fully saturated rings. The van der Waals surface area contributed by atoms with Crippen LogP contribution >= 0.6 is 0 Å². The summed E-state index contributed by atoms with van der Waals surface area (Å²) in [5, 5.41) is 9.64. The molecule has 0 saturated carbocycles. The molecule has 0 aromatic heterocycles. The lowest BCUT2D eigenvalue weighted by Gasteiger charge is -2.30. The van der Waals surface area contributed by atoms with Crippen LogP contribution in [0.1, 0.15) is 68.7 Å². The van der Waals surface area contributed by atoms with Gasteiger partial charge in [0.1, 0.15) is 9.84 Å². The van der Waals surface area contributed by atoms with E-state index < -0.39 is 44.1 Å². The number of amides is 2. The Balaban J connectivity index is 0.000000252. The molecule has 2 amide bonds. The molecule has 0 aliphatic carbocycles. The molecule has 67 heavy (non-hydrogen) atoms. The van der Waals surface area contributed by atoms with Crippen LogP contribution < -0.4 is 28.4 Å². The van der Waals surface area contributed by atoms with Gasteiger partial charge in [0.15, 0.2) is 23.0 Å². The van der Waals surface area contributed by atoms with E-state index in [4.69, 9.17) is 28.4 Å². The third kappa shape index (κ3) is 11.8. The lowest BCUT2D eigenvalue weighted by molar-refractivity contribution is -0.138. The van der Waals surface area contributed by atoms with Gasteiger partial charge in [-0.15, -0.1) is 0 Å². The van der Waals surface area contributed by atoms with Crippen LogP contribution in [-0.2, 0) is 33.0 Å². The monoisotopic (exact) mass is 968 g/mol. The van der Waals surface area contributed by atoms with E-state index >= 15 is 0 Å². The lowest BCUT2D eigenvalue weighted by Crippen LogP contribution is -2.36. The first-order chi connectivity index (χ1) is 31.5. The van der Waals surface area contributed by atoms with Gasteiger partial charge in [-0.05, 0) is 85.3 Å². The maximum atomic E-state index is 13.4. The molecule has 2 heterocycles. The van der Waals surface area contributed by atoms with E-state index in [1.54, 1.807) is 21.9 Å².